The van der Waals surface area contributed by atoms with E-state index in [9.17, 15) is 5.11 Å². The van der Waals surface area contributed by atoms with Crippen molar-refractivity contribution in [3.63, 3.8) is 0 Å². The maximum absolute atomic E-state index is 10.5. The van der Waals surface area contributed by atoms with E-state index >= 15 is 0 Å². The van der Waals surface area contributed by atoms with Crippen molar-refractivity contribution in [2.45, 2.75) is 51.0 Å². The first-order valence-corrected chi connectivity index (χ1v) is 8.79. The van der Waals surface area contributed by atoms with Gasteiger partial charge in [0.2, 0.25) is 0 Å². The van der Waals surface area contributed by atoms with E-state index in [1.165, 1.54) is 49.1 Å². The average Bonchev–Trinajstić information content (AvgIpc) is 3.14. The molecule has 1 atom stereocenters. The first-order valence-electron chi connectivity index (χ1n) is 7.97. The molecule has 2 aliphatic carbocycles. The second-order valence-electron chi connectivity index (χ2n) is 6.62. The minimum absolute atomic E-state index is 0.564. The van der Waals surface area contributed by atoms with Crippen molar-refractivity contribution in [3.8, 4) is 0 Å². The van der Waals surface area contributed by atoms with Gasteiger partial charge in [0.25, 0.3) is 0 Å². The molecule has 2 nitrogen and oxygen atoms in total. The average molecular weight is 299 g/mol. The maximum Gasteiger partial charge on any atom is 0.131 e. The first-order chi connectivity index (χ1) is 10.3. The van der Waals surface area contributed by atoms with Gasteiger partial charge in [0, 0.05) is 4.88 Å². The Kier molecular flexibility index (Phi) is 3.35. The van der Waals surface area contributed by atoms with Crippen LogP contribution in [0.25, 0.3) is 0 Å². The van der Waals surface area contributed by atoms with Crippen molar-refractivity contribution < 1.29 is 5.11 Å². The third-order valence-electron chi connectivity index (χ3n) is 5.24. The molecule has 0 bridgehead atoms. The molecule has 4 rings (SSSR count). The molecular weight excluding hydrogens is 278 g/mol. The summed E-state index contributed by atoms with van der Waals surface area (Å²) < 4.78 is 0. The SMILES string of the molecule is OC(c1ccccc1)c1nc2c(s1)CC1(CCCC1)CC2. The number of aliphatic hydroxyl groups excluding tert-OH is 1. The molecule has 1 aromatic heterocycles. The summed E-state index contributed by atoms with van der Waals surface area (Å²) >= 11 is 1.74. The van der Waals surface area contributed by atoms with Crippen LogP contribution in [-0.2, 0) is 12.8 Å². The fourth-order valence-corrected chi connectivity index (χ4v) is 5.30. The van der Waals surface area contributed by atoms with Crippen molar-refractivity contribution >= 4 is 11.3 Å². The topological polar surface area (TPSA) is 33.1 Å². The molecule has 1 heterocycles. The number of thiazole rings is 1. The summed E-state index contributed by atoms with van der Waals surface area (Å²) in [5, 5.41) is 11.4. The lowest BCUT2D eigenvalue weighted by Crippen LogP contribution is -2.24. The predicted octanol–water partition coefficient (Wildman–Crippen LogP) is 4.27. The molecule has 2 aliphatic rings. The number of hydrogen-bond donors (Lipinski definition) is 1. The van der Waals surface area contributed by atoms with Crippen LogP contribution in [0.4, 0.5) is 0 Å². The first kappa shape index (κ1) is 13.5. The Balaban J connectivity index is 1.61. The van der Waals surface area contributed by atoms with Crippen LogP contribution in [-0.4, -0.2) is 10.1 Å². The zero-order chi connectivity index (χ0) is 14.3. The van der Waals surface area contributed by atoms with Gasteiger partial charge in [-0.2, -0.15) is 0 Å². The Morgan fingerprint density at radius 2 is 1.86 bits per heavy atom. The number of benzene rings is 1. The summed E-state index contributed by atoms with van der Waals surface area (Å²) in [5.41, 5.74) is 2.76. The molecule has 1 unspecified atom stereocenters. The van der Waals surface area contributed by atoms with Gasteiger partial charge in [-0.3, -0.25) is 0 Å². The second kappa shape index (κ2) is 5.22. The van der Waals surface area contributed by atoms with Gasteiger partial charge in [-0.1, -0.05) is 43.2 Å². The van der Waals surface area contributed by atoms with Crippen LogP contribution in [0.1, 0.15) is 59.4 Å². The molecule has 1 saturated carbocycles. The number of hydrogen-bond acceptors (Lipinski definition) is 3. The fraction of sp³-hybridized carbons (Fsp3) is 0.500. The maximum atomic E-state index is 10.5. The Hall–Kier alpha value is -1.19. The molecule has 1 spiro atoms. The molecule has 0 saturated heterocycles. The lowest BCUT2D eigenvalue weighted by atomic mass is 9.74. The minimum atomic E-state index is -0.568. The van der Waals surface area contributed by atoms with E-state index in [2.05, 4.69) is 0 Å². The van der Waals surface area contributed by atoms with Gasteiger partial charge in [0.1, 0.15) is 11.1 Å². The summed E-state index contributed by atoms with van der Waals surface area (Å²) in [4.78, 5) is 6.19. The van der Waals surface area contributed by atoms with Gasteiger partial charge in [-0.25, -0.2) is 4.98 Å². The third kappa shape index (κ3) is 2.43. The molecular formula is C18H21NOS. The second-order valence-corrected chi connectivity index (χ2v) is 7.73. The number of aromatic nitrogens is 1. The minimum Gasteiger partial charge on any atom is -0.381 e. The van der Waals surface area contributed by atoms with Gasteiger partial charge < -0.3 is 5.11 Å². The number of rotatable bonds is 2. The highest BCUT2D eigenvalue weighted by molar-refractivity contribution is 7.11. The van der Waals surface area contributed by atoms with Crippen molar-refractivity contribution in [2.75, 3.05) is 0 Å². The molecule has 1 fully saturated rings. The summed E-state index contributed by atoms with van der Waals surface area (Å²) in [6.07, 6.45) is 8.60. The van der Waals surface area contributed by atoms with Crippen molar-refractivity contribution in [3.05, 3.63) is 51.5 Å². The summed E-state index contributed by atoms with van der Waals surface area (Å²) in [5.74, 6) is 0. The summed E-state index contributed by atoms with van der Waals surface area (Å²) in [6.45, 7) is 0. The van der Waals surface area contributed by atoms with Gasteiger partial charge in [-0.15, -0.1) is 11.3 Å². The smallest absolute Gasteiger partial charge is 0.131 e. The Morgan fingerprint density at radius 3 is 2.62 bits per heavy atom. The fourth-order valence-electron chi connectivity index (χ4n) is 4.00. The lowest BCUT2D eigenvalue weighted by Gasteiger charge is -2.32. The zero-order valence-electron chi connectivity index (χ0n) is 12.2. The van der Waals surface area contributed by atoms with Crippen LogP contribution in [0.3, 0.4) is 0 Å². The number of nitrogens with zero attached hydrogens (tertiary/aromatic N) is 1. The third-order valence-corrected chi connectivity index (χ3v) is 6.39. The van der Waals surface area contributed by atoms with Crippen LogP contribution in [0.5, 0.6) is 0 Å². The molecule has 110 valence electrons. The lowest BCUT2D eigenvalue weighted by molar-refractivity contribution is 0.219. The van der Waals surface area contributed by atoms with E-state index in [0.717, 1.165) is 17.0 Å². The van der Waals surface area contributed by atoms with Crippen LogP contribution in [0.15, 0.2) is 30.3 Å². The highest BCUT2D eigenvalue weighted by Gasteiger charge is 2.38. The van der Waals surface area contributed by atoms with Crippen molar-refractivity contribution in [2.24, 2.45) is 5.41 Å². The van der Waals surface area contributed by atoms with Crippen molar-refractivity contribution in [1.82, 2.24) is 4.98 Å². The molecule has 0 aliphatic heterocycles. The van der Waals surface area contributed by atoms with E-state index in [0.29, 0.717) is 5.41 Å². The Bertz CT molecular complexity index is 628. The van der Waals surface area contributed by atoms with Gasteiger partial charge in [0.15, 0.2) is 0 Å². The molecule has 1 aromatic carbocycles. The normalized spacial score (nSPS) is 21.4. The molecule has 1 N–H and O–H groups in total. The van der Waals surface area contributed by atoms with E-state index in [1.807, 2.05) is 30.3 Å². The van der Waals surface area contributed by atoms with Gasteiger partial charge >= 0.3 is 0 Å². The van der Waals surface area contributed by atoms with Crippen molar-refractivity contribution in [1.29, 1.82) is 0 Å². The van der Waals surface area contributed by atoms with Crippen LogP contribution < -0.4 is 0 Å². The summed E-state index contributed by atoms with van der Waals surface area (Å²) in [7, 11) is 0. The van der Waals surface area contributed by atoms with Crippen LogP contribution in [0, 0.1) is 5.41 Å². The monoisotopic (exact) mass is 299 g/mol. The van der Waals surface area contributed by atoms with Gasteiger partial charge in [-0.05, 0) is 43.1 Å². The van der Waals surface area contributed by atoms with E-state index in [4.69, 9.17) is 4.98 Å². The standard InChI is InChI=1S/C18H21NOS/c20-16(13-6-2-1-3-7-13)17-19-14-8-11-18(9-4-5-10-18)12-15(14)21-17/h1-3,6-7,16,20H,4-5,8-12H2. The molecule has 21 heavy (non-hydrogen) atoms. The molecule has 0 radical (unpaired) electrons. The quantitative estimate of drug-likeness (QED) is 0.898. The highest BCUT2D eigenvalue weighted by atomic mass is 32.1. The number of aryl methyl sites for hydroxylation is 1. The summed E-state index contributed by atoms with van der Waals surface area (Å²) in [6, 6.07) is 9.87. The van der Waals surface area contributed by atoms with E-state index < -0.39 is 6.10 Å². The Morgan fingerprint density at radius 1 is 1.10 bits per heavy atom. The van der Waals surface area contributed by atoms with E-state index in [1.54, 1.807) is 11.3 Å². The van der Waals surface area contributed by atoms with E-state index in [-0.39, 0.29) is 0 Å². The van der Waals surface area contributed by atoms with Crippen LogP contribution >= 0.6 is 11.3 Å². The molecule has 2 aromatic rings. The number of fused-ring (bicyclic) bond motifs is 1. The van der Waals surface area contributed by atoms with Gasteiger partial charge in [0.05, 0.1) is 5.69 Å². The molecule has 0 amide bonds. The number of aliphatic hydroxyl groups is 1. The highest BCUT2D eigenvalue weighted by Crippen LogP contribution is 2.49. The molecule has 3 heteroatoms. The predicted molar refractivity (Wildman–Crippen MR) is 85.5 cm³/mol. The largest absolute Gasteiger partial charge is 0.381 e. The van der Waals surface area contributed by atoms with Crippen LogP contribution in [0.2, 0.25) is 0 Å². The zero-order valence-corrected chi connectivity index (χ0v) is 13.0. The Labute approximate surface area is 129 Å².